The van der Waals surface area contributed by atoms with E-state index in [1.807, 2.05) is 20.0 Å². The van der Waals surface area contributed by atoms with Crippen LogP contribution in [0.4, 0.5) is 5.13 Å². The van der Waals surface area contributed by atoms with E-state index in [9.17, 15) is 4.79 Å². The minimum absolute atomic E-state index is 0. The number of anilines is 1. The van der Waals surface area contributed by atoms with Crippen LogP contribution < -0.4 is 5.32 Å². The van der Waals surface area contributed by atoms with Gasteiger partial charge in [0.25, 0.3) is 0 Å². The molecule has 2 aromatic rings. The molecule has 0 spiro atoms. The van der Waals surface area contributed by atoms with Crippen molar-refractivity contribution in [3.8, 4) is 0 Å². The molecule has 0 aromatic carbocycles. The number of aromatic nitrogens is 2. The van der Waals surface area contributed by atoms with Crippen LogP contribution in [0.5, 0.6) is 0 Å². The lowest BCUT2D eigenvalue weighted by Crippen LogP contribution is -2.08. The topological polar surface area (TPSA) is 68.0 Å². The normalized spacial score (nSPS) is 10.0. The molecule has 0 radical (unpaired) electrons. The van der Waals surface area contributed by atoms with Crippen LogP contribution in [-0.2, 0) is 24.1 Å². The Labute approximate surface area is 137 Å². The van der Waals surface area contributed by atoms with Gasteiger partial charge in [-0.25, -0.2) is 9.97 Å². The summed E-state index contributed by atoms with van der Waals surface area (Å²) in [4.78, 5) is 20.4. The average Bonchev–Trinajstić information content (AvgIpc) is 3.17. The van der Waals surface area contributed by atoms with Crippen LogP contribution in [0.25, 0.3) is 0 Å². The van der Waals surface area contributed by atoms with Crippen LogP contribution in [0.1, 0.15) is 58.5 Å². The first kappa shape index (κ1) is 18.4. The number of rotatable bonds is 6. The highest BCUT2D eigenvalue weighted by molar-refractivity contribution is 7.15. The zero-order chi connectivity index (χ0) is 16.4. The molecule has 0 saturated carbocycles. The standard InChI is InChI=1S/C9H14N2OS.C7H11NO.H2/c1-3-5-7-6-10-9(13-7)11-8(12)4-2;1-3-6-5-8-7(4-2)9-6;/h6H,3-5H2,1-2H3,(H,10,11,12);5H,3-4H2,1-2H3;1H. The summed E-state index contributed by atoms with van der Waals surface area (Å²) >= 11 is 1.56. The van der Waals surface area contributed by atoms with Crippen LogP contribution in [0.2, 0.25) is 0 Å². The molecule has 0 fully saturated rings. The van der Waals surface area contributed by atoms with Crippen molar-refractivity contribution in [1.29, 1.82) is 0 Å². The van der Waals surface area contributed by atoms with E-state index in [1.165, 1.54) is 4.88 Å². The van der Waals surface area contributed by atoms with Crippen LogP contribution >= 0.6 is 11.3 Å². The molecule has 0 unspecified atom stereocenters. The third-order valence-electron chi connectivity index (χ3n) is 2.87. The quantitative estimate of drug-likeness (QED) is 0.849. The van der Waals surface area contributed by atoms with E-state index in [4.69, 9.17) is 4.42 Å². The third-order valence-corrected chi connectivity index (χ3v) is 3.84. The largest absolute Gasteiger partial charge is 0.446 e. The van der Waals surface area contributed by atoms with Crippen LogP contribution in [0.15, 0.2) is 16.8 Å². The summed E-state index contributed by atoms with van der Waals surface area (Å²) in [6, 6.07) is 0. The molecule has 0 saturated heterocycles. The Kier molecular flexibility index (Phi) is 8.43. The molecule has 6 heteroatoms. The molecule has 0 aliphatic carbocycles. The summed E-state index contributed by atoms with van der Waals surface area (Å²) < 4.78 is 5.27. The monoisotopic (exact) mass is 325 g/mol. The molecule has 0 aliphatic heterocycles. The van der Waals surface area contributed by atoms with Gasteiger partial charge in [0.15, 0.2) is 11.0 Å². The predicted octanol–water partition coefficient (Wildman–Crippen LogP) is 4.49. The molecular weight excluding hydrogens is 298 g/mol. The summed E-state index contributed by atoms with van der Waals surface area (Å²) in [6.45, 7) is 8.05. The minimum Gasteiger partial charge on any atom is -0.446 e. The lowest BCUT2D eigenvalue weighted by atomic mass is 10.3. The molecular formula is C16H27N3O2S. The molecule has 1 N–H and O–H groups in total. The van der Waals surface area contributed by atoms with Crippen molar-refractivity contribution in [1.82, 2.24) is 9.97 Å². The van der Waals surface area contributed by atoms with Gasteiger partial charge in [0.2, 0.25) is 5.91 Å². The van der Waals surface area contributed by atoms with Crippen LogP contribution in [-0.4, -0.2) is 15.9 Å². The van der Waals surface area contributed by atoms with E-state index in [2.05, 4.69) is 29.1 Å². The summed E-state index contributed by atoms with van der Waals surface area (Å²) in [5.74, 6) is 1.84. The Hall–Kier alpha value is -1.69. The van der Waals surface area contributed by atoms with Gasteiger partial charge in [-0.2, -0.15) is 0 Å². The number of carbonyl (C=O) groups is 1. The number of thiazole rings is 1. The van der Waals surface area contributed by atoms with Gasteiger partial charge in [0, 0.05) is 31.8 Å². The Bertz CT molecular complexity index is 551. The van der Waals surface area contributed by atoms with E-state index in [0.29, 0.717) is 6.42 Å². The summed E-state index contributed by atoms with van der Waals surface area (Å²) in [6.07, 6.45) is 8.11. The van der Waals surface area contributed by atoms with Crippen LogP contribution in [0.3, 0.4) is 0 Å². The van der Waals surface area contributed by atoms with E-state index in [0.717, 1.165) is 42.5 Å². The Balaban J connectivity index is 0.000000427. The van der Waals surface area contributed by atoms with E-state index >= 15 is 0 Å². The van der Waals surface area contributed by atoms with Gasteiger partial charge in [-0.1, -0.05) is 34.1 Å². The number of oxazole rings is 1. The third kappa shape index (κ3) is 6.39. The highest BCUT2D eigenvalue weighted by Crippen LogP contribution is 2.19. The number of amides is 1. The zero-order valence-corrected chi connectivity index (χ0v) is 14.6. The summed E-state index contributed by atoms with van der Waals surface area (Å²) in [5, 5.41) is 3.46. The maximum atomic E-state index is 11.0. The second kappa shape index (κ2) is 10.1. The molecule has 22 heavy (non-hydrogen) atoms. The number of nitrogens with one attached hydrogen (secondary N) is 1. The maximum Gasteiger partial charge on any atom is 0.225 e. The minimum atomic E-state index is 0. The first-order valence-corrected chi connectivity index (χ1v) is 8.62. The molecule has 1 amide bonds. The number of aryl methyl sites for hydroxylation is 3. The van der Waals surface area contributed by atoms with Crippen molar-refractivity contribution >= 4 is 22.4 Å². The van der Waals surface area contributed by atoms with Gasteiger partial charge in [-0.3, -0.25) is 4.79 Å². The predicted molar refractivity (Wildman–Crippen MR) is 92.4 cm³/mol. The molecule has 2 heterocycles. The molecule has 2 aromatic heterocycles. The first-order valence-electron chi connectivity index (χ1n) is 7.80. The second-order valence-electron chi connectivity index (χ2n) is 4.71. The van der Waals surface area contributed by atoms with Crippen molar-refractivity contribution in [3.05, 3.63) is 28.9 Å². The Morgan fingerprint density at radius 1 is 1.23 bits per heavy atom. The Morgan fingerprint density at radius 3 is 2.50 bits per heavy atom. The average molecular weight is 325 g/mol. The molecule has 5 nitrogen and oxygen atoms in total. The number of hydrogen-bond acceptors (Lipinski definition) is 5. The lowest BCUT2D eigenvalue weighted by molar-refractivity contribution is -0.115. The molecule has 0 bridgehead atoms. The highest BCUT2D eigenvalue weighted by atomic mass is 32.1. The fourth-order valence-corrected chi connectivity index (χ4v) is 2.54. The van der Waals surface area contributed by atoms with Crippen LogP contribution in [0, 0.1) is 0 Å². The van der Waals surface area contributed by atoms with E-state index < -0.39 is 0 Å². The zero-order valence-electron chi connectivity index (χ0n) is 13.8. The molecule has 0 aliphatic rings. The fraction of sp³-hybridized carbons (Fsp3) is 0.562. The van der Waals surface area contributed by atoms with E-state index in [1.54, 1.807) is 17.5 Å². The second-order valence-corrected chi connectivity index (χ2v) is 5.83. The van der Waals surface area contributed by atoms with Gasteiger partial charge >= 0.3 is 0 Å². The van der Waals surface area contributed by atoms with E-state index in [-0.39, 0.29) is 7.33 Å². The van der Waals surface area contributed by atoms with Gasteiger partial charge in [-0.05, 0) is 6.42 Å². The molecule has 0 atom stereocenters. The van der Waals surface area contributed by atoms with Gasteiger partial charge in [0.05, 0.1) is 6.20 Å². The number of hydrogen-bond donors (Lipinski definition) is 1. The summed E-state index contributed by atoms with van der Waals surface area (Å²) in [5.41, 5.74) is 0. The smallest absolute Gasteiger partial charge is 0.225 e. The van der Waals surface area contributed by atoms with Gasteiger partial charge in [-0.15, -0.1) is 11.3 Å². The number of carbonyl (C=O) groups excluding carboxylic acids is 1. The highest BCUT2D eigenvalue weighted by Gasteiger charge is 2.03. The van der Waals surface area contributed by atoms with Crippen molar-refractivity contribution < 1.29 is 10.6 Å². The molecule has 2 rings (SSSR count). The number of nitrogens with zero attached hydrogens (tertiary/aromatic N) is 2. The van der Waals surface area contributed by atoms with Crippen molar-refractivity contribution in [2.24, 2.45) is 0 Å². The first-order chi connectivity index (χ1) is 10.6. The van der Waals surface area contributed by atoms with Crippen molar-refractivity contribution in [2.45, 2.75) is 59.8 Å². The fourth-order valence-electron chi connectivity index (χ4n) is 1.61. The summed E-state index contributed by atoms with van der Waals surface area (Å²) in [7, 11) is 0. The van der Waals surface area contributed by atoms with Gasteiger partial charge in [0.1, 0.15) is 5.76 Å². The molecule has 124 valence electrons. The SMILES string of the molecule is CCCc1cnc(NC(=O)CC)s1.CCc1cnc(CC)o1.[HH]. The Morgan fingerprint density at radius 2 is 2.00 bits per heavy atom. The van der Waals surface area contributed by atoms with Gasteiger partial charge < -0.3 is 9.73 Å². The maximum absolute atomic E-state index is 11.0. The van der Waals surface area contributed by atoms with Crippen molar-refractivity contribution in [2.75, 3.05) is 5.32 Å². The lowest BCUT2D eigenvalue weighted by Gasteiger charge is -1.95. The van der Waals surface area contributed by atoms with Crippen molar-refractivity contribution in [3.63, 3.8) is 0 Å².